The molecule has 3 aromatic rings. The molecule has 0 aliphatic carbocycles. The molecule has 0 bridgehead atoms. The Balaban J connectivity index is 1.52. The average molecular weight is 351 g/mol. The first-order valence-electron chi connectivity index (χ1n) is 8.96. The molecule has 0 radical (unpaired) electrons. The fourth-order valence-electron chi connectivity index (χ4n) is 2.69. The minimum absolute atomic E-state index is 0.178. The number of rotatable bonds is 9. The van der Waals surface area contributed by atoms with Gasteiger partial charge in [0.05, 0.1) is 6.61 Å². The van der Waals surface area contributed by atoms with Crippen molar-refractivity contribution in [1.29, 1.82) is 0 Å². The number of benzene rings is 2. The molecule has 2 aromatic carbocycles. The molecule has 0 spiro atoms. The normalized spacial score (nSPS) is 10.8. The van der Waals surface area contributed by atoms with Gasteiger partial charge in [0, 0.05) is 24.6 Å². The van der Waals surface area contributed by atoms with Crippen molar-refractivity contribution in [2.45, 2.75) is 19.8 Å². The molecule has 0 saturated carbocycles. The van der Waals surface area contributed by atoms with Crippen LogP contribution in [0.5, 0.6) is 11.5 Å². The zero-order valence-corrected chi connectivity index (χ0v) is 15.1. The molecule has 4 nitrogen and oxygen atoms in total. The molecule has 26 heavy (non-hydrogen) atoms. The van der Waals surface area contributed by atoms with E-state index >= 15 is 0 Å². The summed E-state index contributed by atoms with van der Waals surface area (Å²) >= 11 is 0. The maximum atomic E-state index is 8.71. The third-order valence-electron chi connectivity index (χ3n) is 4.14. The smallest absolute Gasteiger partial charge is 0.127 e. The van der Waals surface area contributed by atoms with Crippen molar-refractivity contribution >= 4 is 0 Å². The van der Waals surface area contributed by atoms with Gasteiger partial charge < -0.3 is 19.6 Å². The lowest BCUT2D eigenvalue weighted by atomic mass is 10.1. The summed E-state index contributed by atoms with van der Waals surface area (Å²) in [6, 6.07) is 20.3. The van der Waals surface area contributed by atoms with Crippen molar-refractivity contribution in [3.05, 3.63) is 71.9 Å². The van der Waals surface area contributed by atoms with Crippen molar-refractivity contribution in [2.75, 3.05) is 19.8 Å². The lowest BCUT2D eigenvalue weighted by molar-refractivity contribution is 0.118. The van der Waals surface area contributed by atoms with E-state index in [1.807, 2.05) is 31.2 Å². The van der Waals surface area contributed by atoms with Crippen molar-refractivity contribution in [3.63, 3.8) is 0 Å². The Morgan fingerprint density at radius 3 is 2.15 bits per heavy atom. The first-order valence-corrected chi connectivity index (χ1v) is 8.96. The fraction of sp³-hybridized carbons (Fsp3) is 0.273. The highest BCUT2D eigenvalue weighted by molar-refractivity contribution is 5.61. The minimum atomic E-state index is 0.178. The van der Waals surface area contributed by atoms with E-state index in [2.05, 4.69) is 41.4 Å². The Morgan fingerprint density at radius 2 is 1.54 bits per heavy atom. The van der Waals surface area contributed by atoms with Crippen LogP contribution in [0.25, 0.3) is 11.3 Å². The maximum Gasteiger partial charge on any atom is 0.127 e. The number of aliphatic hydroxyl groups excluding tert-OH is 1. The van der Waals surface area contributed by atoms with E-state index in [0.29, 0.717) is 19.6 Å². The minimum Gasteiger partial charge on any atom is -0.457 e. The molecule has 0 aliphatic heterocycles. The lowest BCUT2D eigenvalue weighted by Gasteiger charge is -2.08. The van der Waals surface area contributed by atoms with Gasteiger partial charge in [-0.25, -0.2) is 0 Å². The summed E-state index contributed by atoms with van der Waals surface area (Å²) in [6.07, 6.45) is 1.55. The highest BCUT2D eigenvalue weighted by atomic mass is 16.5. The summed E-state index contributed by atoms with van der Waals surface area (Å²) in [5.74, 6) is 1.63. The Hall–Kier alpha value is -2.56. The fourth-order valence-corrected chi connectivity index (χ4v) is 2.69. The SMILES string of the molecule is Cc1ccc(-c2ccc(Oc3ccc(CCOCCCO)cc3)cc2)[nH]1. The van der Waals surface area contributed by atoms with E-state index in [4.69, 9.17) is 14.6 Å². The third-order valence-corrected chi connectivity index (χ3v) is 4.14. The summed E-state index contributed by atoms with van der Waals surface area (Å²) in [6.45, 7) is 3.50. The summed E-state index contributed by atoms with van der Waals surface area (Å²) < 4.78 is 11.4. The number of hydrogen-bond acceptors (Lipinski definition) is 3. The first-order chi connectivity index (χ1) is 12.7. The van der Waals surface area contributed by atoms with E-state index in [9.17, 15) is 0 Å². The summed E-state index contributed by atoms with van der Waals surface area (Å²) in [5.41, 5.74) is 4.61. The zero-order chi connectivity index (χ0) is 18.2. The molecule has 0 fully saturated rings. The van der Waals surface area contributed by atoms with Crippen molar-refractivity contribution in [3.8, 4) is 22.8 Å². The van der Waals surface area contributed by atoms with Crippen LogP contribution < -0.4 is 4.74 Å². The second-order valence-electron chi connectivity index (χ2n) is 6.26. The first kappa shape index (κ1) is 18.2. The quantitative estimate of drug-likeness (QED) is 0.548. The molecule has 1 aromatic heterocycles. The van der Waals surface area contributed by atoms with Crippen LogP contribution in [0, 0.1) is 6.92 Å². The number of nitrogens with one attached hydrogen (secondary N) is 1. The molecule has 0 atom stereocenters. The van der Waals surface area contributed by atoms with Crippen LogP contribution in [-0.4, -0.2) is 29.9 Å². The number of ether oxygens (including phenoxy) is 2. The van der Waals surface area contributed by atoms with Crippen LogP contribution in [0.3, 0.4) is 0 Å². The van der Waals surface area contributed by atoms with Crippen LogP contribution in [0.4, 0.5) is 0 Å². The van der Waals surface area contributed by atoms with Gasteiger partial charge in [0.2, 0.25) is 0 Å². The molecular weight excluding hydrogens is 326 g/mol. The van der Waals surface area contributed by atoms with Crippen molar-refractivity contribution < 1.29 is 14.6 Å². The van der Waals surface area contributed by atoms with Gasteiger partial charge in [-0.2, -0.15) is 0 Å². The maximum absolute atomic E-state index is 8.71. The molecule has 1 heterocycles. The number of aryl methyl sites for hydroxylation is 1. The Labute approximate surface area is 154 Å². The molecule has 2 N–H and O–H groups in total. The number of hydrogen-bond donors (Lipinski definition) is 2. The van der Waals surface area contributed by atoms with E-state index in [0.717, 1.165) is 34.9 Å². The summed E-state index contributed by atoms with van der Waals surface area (Å²) in [5, 5.41) is 8.71. The van der Waals surface area contributed by atoms with Crippen LogP contribution >= 0.6 is 0 Å². The number of aliphatic hydroxyl groups is 1. The highest BCUT2D eigenvalue weighted by Gasteiger charge is 2.02. The molecule has 0 amide bonds. The predicted octanol–water partition coefficient (Wildman–Crippen LogP) is 4.72. The van der Waals surface area contributed by atoms with Gasteiger partial charge in [-0.1, -0.05) is 12.1 Å². The summed E-state index contributed by atoms with van der Waals surface area (Å²) in [4.78, 5) is 3.33. The van der Waals surface area contributed by atoms with Gasteiger partial charge in [-0.3, -0.25) is 0 Å². The second kappa shape index (κ2) is 9.22. The Morgan fingerprint density at radius 1 is 0.846 bits per heavy atom. The van der Waals surface area contributed by atoms with Crippen LogP contribution in [0.15, 0.2) is 60.7 Å². The highest BCUT2D eigenvalue weighted by Crippen LogP contribution is 2.25. The van der Waals surface area contributed by atoms with Crippen molar-refractivity contribution in [1.82, 2.24) is 4.98 Å². The number of H-pyrrole nitrogens is 1. The Kier molecular flexibility index (Phi) is 6.47. The summed E-state index contributed by atoms with van der Waals surface area (Å²) in [7, 11) is 0. The van der Waals surface area contributed by atoms with Crippen LogP contribution in [-0.2, 0) is 11.2 Å². The van der Waals surface area contributed by atoms with E-state index in [1.165, 1.54) is 5.56 Å². The second-order valence-corrected chi connectivity index (χ2v) is 6.26. The molecule has 0 unspecified atom stereocenters. The molecule has 0 saturated heterocycles. The standard InChI is InChI=1S/C22H25NO3/c1-17-3-12-22(23-17)19-6-10-21(11-7-19)26-20-8-4-18(5-9-20)13-16-25-15-2-14-24/h3-12,23-24H,2,13-16H2,1H3. The predicted molar refractivity (Wildman–Crippen MR) is 104 cm³/mol. The van der Waals surface area contributed by atoms with Gasteiger partial charge in [-0.05, 0) is 79.4 Å². The molecular formula is C22H25NO3. The van der Waals surface area contributed by atoms with E-state index < -0.39 is 0 Å². The molecule has 0 aliphatic rings. The van der Waals surface area contributed by atoms with Crippen LogP contribution in [0.2, 0.25) is 0 Å². The monoisotopic (exact) mass is 351 g/mol. The van der Waals surface area contributed by atoms with Crippen molar-refractivity contribution in [2.24, 2.45) is 0 Å². The number of aromatic amines is 1. The molecule has 4 heteroatoms. The topological polar surface area (TPSA) is 54.5 Å². The lowest BCUT2D eigenvalue weighted by Crippen LogP contribution is -2.01. The van der Waals surface area contributed by atoms with Gasteiger partial charge in [0.1, 0.15) is 11.5 Å². The molecule has 136 valence electrons. The largest absolute Gasteiger partial charge is 0.457 e. The zero-order valence-electron chi connectivity index (χ0n) is 15.1. The molecule has 3 rings (SSSR count). The van der Waals surface area contributed by atoms with Gasteiger partial charge >= 0.3 is 0 Å². The van der Waals surface area contributed by atoms with E-state index in [1.54, 1.807) is 0 Å². The van der Waals surface area contributed by atoms with Gasteiger partial charge in [-0.15, -0.1) is 0 Å². The van der Waals surface area contributed by atoms with Crippen LogP contribution in [0.1, 0.15) is 17.7 Å². The third kappa shape index (κ3) is 5.22. The van der Waals surface area contributed by atoms with Gasteiger partial charge in [0.15, 0.2) is 0 Å². The average Bonchev–Trinajstić information content (AvgIpc) is 3.10. The Bertz CT molecular complexity index is 791. The number of aromatic nitrogens is 1. The van der Waals surface area contributed by atoms with Gasteiger partial charge in [0.25, 0.3) is 0 Å². The van der Waals surface area contributed by atoms with E-state index in [-0.39, 0.29) is 6.61 Å².